The molecule has 0 radical (unpaired) electrons. The second kappa shape index (κ2) is 13.9. The van der Waals surface area contributed by atoms with Crippen molar-refractivity contribution in [3.05, 3.63) is 24.3 Å². The fourth-order valence-corrected chi connectivity index (χ4v) is 3.78. The Kier molecular flexibility index (Phi) is 12.4. The first-order valence-electron chi connectivity index (χ1n) is 10.4. The Morgan fingerprint density at radius 1 is 1.17 bits per heavy atom. The van der Waals surface area contributed by atoms with Crippen molar-refractivity contribution >= 4 is 29.9 Å². The van der Waals surface area contributed by atoms with Crippen molar-refractivity contribution in [2.45, 2.75) is 52.1 Å². The fraction of sp³-hybridized carbons (Fsp3) is 0.682. The van der Waals surface area contributed by atoms with Gasteiger partial charge in [0.05, 0.1) is 13.7 Å². The van der Waals surface area contributed by atoms with E-state index in [9.17, 15) is 0 Å². The van der Waals surface area contributed by atoms with Gasteiger partial charge in [0.15, 0.2) is 17.5 Å². The van der Waals surface area contributed by atoms with E-state index in [1.165, 1.54) is 25.7 Å². The van der Waals surface area contributed by atoms with Crippen LogP contribution < -0.4 is 20.1 Å². The summed E-state index contributed by atoms with van der Waals surface area (Å²) < 4.78 is 17.0. The number of para-hydroxylation sites is 2. The summed E-state index contributed by atoms with van der Waals surface area (Å²) in [4.78, 5) is 4.37. The zero-order chi connectivity index (χ0) is 20.2. The molecule has 1 aromatic rings. The summed E-state index contributed by atoms with van der Waals surface area (Å²) in [7, 11) is 3.46. The van der Waals surface area contributed by atoms with E-state index in [0.717, 1.165) is 43.6 Å². The topological polar surface area (TPSA) is 64.1 Å². The van der Waals surface area contributed by atoms with Gasteiger partial charge in [-0.05, 0) is 50.7 Å². The van der Waals surface area contributed by atoms with E-state index in [1.54, 1.807) is 7.11 Å². The van der Waals surface area contributed by atoms with Gasteiger partial charge >= 0.3 is 0 Å². The van der Waals surface area contributed by atoms with E-state index in [0.29, 0.717) is 12.0 Å². The third-order valence-corrected chi connectivity index (χ3v) is 5.45. The number of methoxy groups -OCH3 is 1. The smallest absolute Gasteiger partial charge is 0.191 e. The molecular weight excluding hydrogens is 481 g/mol. The Morgan fingerprint density at radius 3 is 2.48 bits per heavy atom. The molecule has 0 bridgehead atoms. The molecule has 0 heterocycles. The summed E-state index contributed by atoms with van der Waals surface area (Å²) in [5.41, 5.74) is 0.326. The SMILES string of the molecule is CCOCCC1(CNC(=NC)NCC(C)Oc2ccccc2OC)CCCC1.I. The lowest BCUT2D eigenvalue weighted by atomic mass is 9.83. The molecule has 0 amide bonds. The molecule has 2 rings (SSSR count). The number of hydrogen-bond acceptors (Lipinski definition) is 4. The molecule has 1 atom stereocenters. The lowest BCUT2D eigenvalue weighted by Crippen LogP contribution is -2.45. The number of halogens is 1. The maximum Gasteiger partial charge on any atom is 0.191 e. The van der Waals surface area contributed by atoms with E-state index in [4.69, 9.17) is 14.2 Å². The average Bonchev–Trinajstić information content (AvgIpc) is 3.18. The first kappa shape index (κ1) is 25.8. The highest BCUT2D eigenvalue weighted by atomic mass is 127. The van der Waals surface area contributed by atoms with Gasteiger partial charge in [-0.15, -0.1) is 24.0 Å². The molecule has 0 spiro atoms. The van der Waals surface area contributed by atoms with Crippen LogP contribution in [0.4, 0.5) is 0 Å². The van der Waals surface area contributed by atoms with E-state index in [1.807, 2.05) is 38.2 Å². The summed E-state index contributed by atoms with van der Waals surface area (Å²) in [6.45, 7) is 7.31. The minimum atomic E-state index is -0.0201. The number of ether oxygens (including phenoxy) is 3. The highest BCUT2D eigenvalue weighted by molar-refractivity contribution is 14.0. The predicted molar refractivity (Wildman–Crippen MR) is 130 cm³/mol. The summed E-state index contributed by atoms with van der Waals surface area (Å²) in [6, 6.07) is 7.70. The van der Waals surface area contributed by atoms with Crippen molar-refractivity contribution in [3.8, 4) is 11.5 Å². The normalized spacial score (nSPS) is 16.6. The third-order valence-electron chi connectivity index (χ3n) is 5.45. The van der Waals surface area contributed by atoms with Gasteiger partial charge in [0.2, 0.25) is 0 Å². The zero-order valence-corrected chi connectivity index (χ0v) is 20.7. The maximum atomic E-state index is 6.01. The quantitative estimate of drug-likeness (QED) is 0.198. The molecule has 2 N–H and O–H groups in total. The molecule has 166 valence electrons. The Balaban J connectivity index is 0.00000420. The molecule has 6 nitrogen and oxygen atoms in total. The second-order valence-electron chi connectivity index (χ2n) is 7.54. The molecule has 7 heteroatoms. The molecule has 1 aromatic carbocycles. The standard InChI is InChI=1S/C22H37N3O3.HI/c1-5-27-15-14-22(12-8-9-13-22)17-25-21(23-3)24-16-18(2)28-20-11-7-6-10-19(20)26-4;/h6-7,10-11,18H,5,8-9,12-17H2,1-4H3,(H2,23,24,25);1H. The van der Waals surface area contributed by atoms with Crippen LogP contribution in [0.15, 0.2) is 29.3 Å². The molecule has 1 aliphatic rings. The van der Waals surface area contributed by atoms with E-state index < -0.39 is 0 Å². The number of benzene rings is 1. The third kappa shape index (κ3) is 8.58. The fourth-order valence-electron chi connectivity index (χ4n) is 3.78. The number of guanidine groups is 1. The van der Waals surface area contributed by atoms with Crippen molar-refractivity contribution in [2.24, 2.45) is 10.4 Å². The van der Waals surface area contributed by atoms with Gasteiger partial charge < -0.3 is 24.8 Å². The second-order valence-corrected chi connectivity index (χ2v) is 7.54. The number of rotatable bonds is 11. The molecule has 0 saturated heterocycles. The molecular formula is C22H38IN3O3. The van der Waals surface area contributed by atoms with E-state index in [2.05, 4.69) is 22.5 Å². The van der Waals surface area contributed by atoms with Gasteiger partial charge in [0, 0.05) is 26.8 Å². The summed E-state index contributed by atoms with van der Waals surface area (Å²) >= 11 is 0. The van der Waals surface area contributed by atoms with Gasteiger partial charge in [0.1, 0.15) is 6.10 Å². The number of nitrogens with zero attached hydrogens (tertiary/aromatic N) is 1. The zero-order valence-electron chi connectivity index (χ0n) is 18.3. The van der Waals surface area contributed by atoms with Crippen LogP contribution in [0.3, 0.4) is 0 Å². The van der Waals surface area contributed by atoms with Gasteiger partial charge in [-0.2, -0.15) is 0 Å². The molecule has 0 aromatic heterocycles. The van der Waals surface area contributed by atoms with Gasteiger partial charge in [-0.3, -0.25) is 4.99 Å². The Bertz CT molecular complexity index is 607. The predicted octanol–water partition coefficient (Wildman–Crippen LogP) is 4.23. The summed E-state index contributed by atoms with van der Waals surface area (Å²) in [6.07, 6.45) is 6.23. The van der Waals surface area contributed by atoms with Crippen LogP contribution in [0.2, 0.25) is 0 Å². The molecule has 1 saturated carbocycles. The van der Waals surface area contributed by atoms with Crippen LogP contribution >= 0.6 is 24.0 Å². The van der Waals surface area contributed by atoms with Crippen molar-refractivity contribution in [3.63, 3.8) is 0 Å². The summed E-state index contributed by atoms with van der Waals surface area (Å²) in [5.74, 6) is 2.32. The number of nitrogens with one attached hydrogen (secondary N) is 2. The van der Waals surface area contributed by atoms with Gasteiger partial charge in [-0.1, -0.05) is 25.0 Å². The largest absolute Gasteiger partial charge is 0.493 e. The van der Waals surface area contributed by atoms with Crippen LogP contribution in [0.1, 0.15) is 46.0 Å². The first-order valence-corrected chi connectivity index (χ1v) is 10.4. The lowest BCUT2D eigenvalue weighted by Gasteiger charge is -2.30. The van der Waals surface area contributed by atoms with Crippen LogP contribution in [0.5, 0.6) is 11.5 Å². The average molecular weight is 519 g/mol. The van der Waals surface area contributed by atoms with E-state index in [-0.39, 0.29) is 30.1 Å². The molecule has 1 fully saturated rings. The lowest BCUT2D eigenvalue weighted by molar-refractivity contribution is 0.105. The Hall–Kier alpha value is -1.22. The Labute approximate surface area is 193 Å². The van der Waals surface area contributed by atoms with Gasteiger partial charge in [-0.25, -0.2) is 0 Å². The monoisotopic (exact) mass is 519 g/mol. The molecule has 0 aliphatic heterocycles. The number of hydrogen-bond donors (Lipinski definition) is 2. The van der Waals surface area contributed by atoms with Crippen LogP contribution in [0, 0.1) is 5.41 Å². The van der Waals surface area contributed by atoms with Crippen LogP contribution in [-0.2, 0) is 4.74 Å². The highest BCUT2D eigenvalue weighted by Crippen LogP contribution is 2.40. The minimum Gasteiger partial charge on any atom is -0.493 e. The summed E-state index contributed by atoms with van der Waals surface area (Å²) in [5, 5.41) is 6.90. The van der Waals surface area contributed by atoms with Crippen molar-refractivity contribution in [1.29, 1.82) is 0 Å². The van der Waals surface area contributed by atoms with Crippen molar-refractivity contribution < 1.29 is 14.2 Å². The Morgan fingerprint density at radius 2 is 1.86 bits per heavy atom. The van der Waals surface area contributed by atoms with Crippen LogP contribution in [-0.4, -0.2) is 52.5 Å². The first-order chi connectivity index (χ1) is 13.6. The van der Waals surface area contributed by atoms with Crippen molar-refractivity contribution in [1.82, 2.24) is 10.6 Å². The number of aliphatic imine (C=N–C) groups is 1. The molecule has 29 heavy (non-hydrogen) atoms. The van der Waals surface area contributed by atoms with Crippen LogP contribution in [0.25, 0.3) is 0 Å². The van der Waals surface area contributed by atoms with Crippen molar-refractivity contribution in [2.75, 3.05) is 40.5 Å². The van der Waals surface area contributed by atoms with Gasteiger partial charge in [0.25, 0.3) is 0 Å². The minimum absolute atomic E-state index is 0. The molecule has 1 unspecified atom stereocenters. The maximum absolute atomic E-state index is 6.01. The highest BCUT2D eigenvalue weighted by Gasteiger charge is 2.33. The van der Waals surface area contributed by atoms with E-state index >= 15 is 0 Å². The molecule has 1 aliphatic carbocycles.